The summed E-state index contributed by atoms with van der Waals surface area (Å²) in [5.41, 5.74) is 2.07. The van der Waals surface area contributed by atoms with Crippen molar-refractivity contribution in [3.05, 3.63) is 35.4 Å². The number of nitrogens with one attached hydrogen (secondary N) is 1. The van der Waals surface area contributed by atoms with Gasteiger partial charge < -0.3 is 5.32 Å². The molecule has 1 amide bonds. The summed E-state index contributed by atoms with van der Waals surface area (Å²) in [7, 11) is -3.32. The highest BCUT2D eigenvalue weighted by molar-refractivity contribution is 7.88. The summed E-state index contributed by atoms with van der Waals surface area (Å²) in [5.74, 6) is -0.00225. The molecule has 0 heterocycles. The van der Waals surface area contributed by atoms with E-state index in [9.17, 15) is 13.2 Å². The average molecular weight is 340 g/mol. The zero-order valence-electron chi connectivity index (χ0n) is 14.5. The summed E-state index contributed by atoms with van der Waals surface area (Å²) in [5, 5.41) is 2.84. The maximum atomic E-state index is 12.0. The lowest BCUT2D eigenvalue weighted by Gasteiger charge is -2.21. The highest BCUT2D eigenvalue weighted by atomic mass is 32.2. The predicted molar refractivity (Wildman–Crippen MR) is 93.5 cm³/mol. The van der Waals surface area contributed by atoms with Crippen molar-refractivity contribution in [1.29, 1.82) is 0 Å². The van der Waals surface area contributed by atoms with Crippen molar-refractivity contribution in [3.63, 3.8) is 0 Å². The van der Waals surface area contributed by atoms with Crippen molar-refractivity contribution in [2.24, 2.45) is 5.92 Å². The third-order valence-electron chi connectivity index (χ3n) is 3.97. The number of sulfonamides is 1. The lowest BCUT2D eigenvalue weighted by molar-refractivity contribution is -0.125. The fraction of sp³-hybridized carbons (Fsp3) is 0.588. The SMILES string of the molecule is CCC(CC)C(=O)NCCN(Cc1ccc(C)cc1)S(C)(=O)=O. The zero-order valence-corrected chi connectivity index (χ0v) is 15.3. The Hall–Kier alpha value is -1.40. The first-order chi connectivity index (χ1) is 10.8. The number of hydrogen-bond donors (Lipinski definition) is 1. The average Bonchev–Trinajstić information content (AvgIpc) is 2.48. The van der Waals surface area contributed by atoms with Crippen molar-refractivity contribution in [3.8, 4) is 0 Å². The van der Waals surface area contributed by atoms with E-state index in [4.69, 9.17) is 0 Å². The van der Waals surface area contributed by atoms with E-state index in [-0.39, 0.29) is 18.4 Å². The monoisotopic (exact) mass is 340 g/mol. The minimum atomic E-state index is -3.32. The van der Waals surface area contributed by atoms with Crippen LogP contribution in [0.1, 0.15) is 37.8 Å². The minimum Gasteiger partial charge on any atom is -0.355 e. The maximum absolute atomic E-state index is 12.0. The standard InChI is InChI=1S/C17H28N2O3S/c1-5-16(6-2)17(20)18-11-12-19(23(4,21)22)13-15-9-7-14(3)8-10-15/h7-10,16H,5-6,11-13H2,1-4H3,(H,18,20). The van der Waals surface area contributed by atoms with E-state index in [1.165, 1.54) is 10.6 Å². The van der Waals surface area contributed by atoms with Gasteiger partial charge in [-0.25, -0.2) is 8.42 Å². The van der Waals surface area contributed by atoms with Gasteiger partial charge in [-0.15, -0.1) is 0 Å². The van der Waals surface area contributed by atoms with E-state index in [0.717, 1.165) is 24.0 Å². The van der Waals surface area contributed by atoms with Crippen LogP contribution in [-0.2, 0) is 21.4 Å². The Morgan fingerprint density at radius 3 is 2.22 bits per heavy atom. The Bertz CT molecular complexity index is 593. The Morgan fingerprint density at radius 2 is 1.74 bits per heavy atom. The molecule has 5 nitrogen and oxygen atoms in total. The summed E-state index contributed by atoms with van der Waals surface area (Å²) in [6.45, 7) is 6.88. The molecule has 0 aliphatic carbocycles. The molecule has 0 aliphatic heterocycles. The van der Waals surface area contributed by atoms with E-state index in [0.29, 0.717) is 13.1 Å². The predicted octanol–water partition coefficient (Wildman–Crippen LogP) is 2.31. The van der Waals surface area contributed by atoms with Gasteiger partial charge in [-0.2, -0.15) is 4.31 Å². The third-order valence-corrected chi connectivity index (χ3v) is 5.22. The first kappa shape index (κ1) is 19.6. The molecule has 0 atom stereocenters. The maximum Gasteiger partial charge on any atom is 0.223 e. The van der Waals surface area contributed by atoms with Crippen LogP contribution in [0.25, 0.3) is 0 Å². The quantitative estimate of drug-likeness (QED) is 0.750. The highest BCUT2D eigenvalue weighted by Crippen LogP contribution is 2.10. The molecule has 0 fully saturated rings. The number of benzene rings is 1. The van der Waals surface area contributed by atoms with Crippen molar-refractivity contribution in [2.45, 2.75) is 40.2 Å². The molecule has 0 aliphatic rings. The van der Waals surface area contributed by atoms with Crippen LogP contribution in [-0.4, -0.2) is 38.0 Å². The van der Waals surface area contributed by atoms with Crippen LogP contribution in [0.3, 0.4) is 0 Å². The number of nitrogens with zero attached hydrogens (tertiary/aromatic N) is 1. The van der Waals surface area contributed by atoms with E-state index in [1.807, 2.05) is 45.0 Å². The first-order valence-electron chi connectivity index (χ1n) is 8.06. The molecule has 0 unspecified atom stereocenters. The summed E-state index contributed by atoms with van der Waals surface area (Å²) in [4.78, 5) is 12.0. The lowest BCUT2D eigenvalue weighted by Crippen LogP contribution is -2.39. The van der Waals surface area contributed by atoms with Gasteiger partial charge in [-0.1, -0.05) is 43.7 Å². The van der Waals surface area contributed by atoms with Crippen molar-refractivity contribution >= 4 is 15.9 Å². The minimum absolute atomic E-state index is 0.00112. The summed E-state index contributed by atoms with van der Waals surface area (Å²) >= 11 is 0. The normalized spacial score (nSPS) is 11.9. The zero-order chi connectivity index (χ0) is 17.5. The lowest BCUT2D eigenvalue weighted by atomic mass is 10.0. The topological polar surface area (TPSA) is 66.5 Å². The molecule has 130 valence electrons. The second-order valence-electron chi connectivity index (χ2n) is 5.89. The molecule has 0 spiro atoms. The van der Waals surface area contributed by atoms with Gasteiger partial charge in [0, 0.05) is 25.6 Å². The molecule has 0 bridgehead atoms. The molecule has 23 heavy (non-hydrogen) atoms. The molecule has 1 aromatic rings. The smallest absolute Gasteiger partial charge is 0.223 e. The number of carbonyl (C=O) groups is 1. The summed E-state index contributed by atoms with van der Waals surface area (Å²) in [6.07, 6.45) is 2.78. The number of aryl methyl sites for hydroxylation is 1. The molecule has 0 saturated heterocycles. The van der Waals surface area contributed by atoms with Crippen LogP contribution >= 0.6 is 0 Å². The van der Waals surface area contributed by atoms with Crippen molar-refractivity contribution in [2.75, 3.05) is 19.3 Å². The number of carbonyl (C=O) groups excluding carboxylic acids is 1. The Kier molecular flexibility index (Phi) is 7.72. The molecule has 0 radical (unpaired) electrons. The fourth-order valence-electron chi connectivity index (χ4n) is 2.37. The Labute approximate surface area is 140 Å². The van der Waals surface area contributed by atoms with Crippen LogP contribution in [0.2, 0.25) is 0 Å². The number of hydrogen-bond acceptors (Lipinski definition) is 3. The van der Waals surface area contributed by atoms with Crippen molar-refractivity contribution < 1.29 is 13.2 Å². The van der Waals surface area contributed by atoms with E-state index in [1.54, 1.807) is 0 Å². The highest BCUT2D eigenvalue weighted by Gasteiger charge is 2.18. The van der Waals surface area contributed by atoms with E-state index in [2.05, 4.69) is 5.32 Å². The van der Waals surface area contributed by atoms with Gasteiger partial charge in [-0.05, 0) is 25.3 Å². The largest absolute Gasteiger partial charge is 0.355 e. The number of amides is 1. The molecule has 1 N–H and O–H groups in total. The van der Waals surface area contributed by atoms with Gasteiger partial charge in [0.2, 0.25) is 15.9 Å². The molecule has 1 aromatic carbocycles. The fourth-order valence-corrected chi connectivity index (χ4v) is 3.17. The first-order valence-corrected chi connectivity index (χ1v) is 9.91. The van der Waals surface area contributed by atoms with Crippen LogP contribution in [0.5, 0.6) is 0 Å². The molecule has 0 saturated carbocycles. The van der Waals surface area contributed by atoms with Crippen molar-refractivity contribution in [1.82, 2.24) is 9.62 Å². The summed E-state index contributed by atoms with van der Waals surface area (Å²) < 4.78 is 25.3. The molecule has 1 rings (SSSR count). The molecule has 0 aromatic heterocycles. The molecular formula is C17H28N2O3S. The van der Waals surface area contributed by atoms with Crippen LogP contribution < -0.4 is 5.32 Å². The van der Waals surface area contributed by atoms with Gasteiger partial charge >= 0.3 is 0 Å². The van der Waals surface area contributed by atoms with E-state index < -0.39 is 10.0 Å². The van der Waals surface area contributed by atoms with Gasteiger partial charge in [0.25, 0.3) is 0 Å². The second kappa shape index (κ2) is 9.03. The molecular weight excluding hydrogens is 312 g/mol. The van der Waals surface area contributed by atoms with E-state index >= 15 is 0 Å². The van der Waals surface area contributed by atoms with Crippen LogP contribution in [0.15, 0.2) is 24.3 Å². The number of rotatable bonds is 9. The second-order valence-corrected chi connectivity index (χ2v) is 7.87. The molecule has 6 heteroatoms. The van der Waals surface area contributed by atoms with Crippen LogP contribution in [0, 0.1) is 12.8 Å². The van der Waals surface area contributed by atoms with Crippen LogP contribution in [0.4, 0.5) is 0 Å². The van der Waals surface area contributed by atoms with Gasteiger partial charge in [-0.3, -0.25) is 4.79 Å². The van der Waals surface area contributed by atoms with Gasteiger partial charge in [0.05, 0.1) is 6.26 Å². The third kappa shape index (κ3) is 6.71. The Morgan fingerprint density at radius 1 is 1.17 bits per heavy atom. The summed E-state index contributed by atoms with van der Waals surface area (Å²) in [6, 6.07) is 7.78. The van der Waals surface area contributed by atoms with Gasteiger partial charge in [0.1, 0.15) is 0 Å². The Balaban J connectivity index is 2.63. The van der Waals surface area contributed by atoms with Gasteiger partial charge in [0.15, 0.2) is 0 Å².